The van der Waals surface area contributed by atoms with Crippen molar-refractivity contribution in [3.63, 3.8) is 0 Å². The molecule has 1 amide bonds. The van der Waals surface area contributed by atoms with Gasteiger partial charge >= 0.3 is 0 Å². The average molecular weight is 478 g/mol. The molecule has 2 aromatic rings. The number of amides is 1. The average Bonchev–Trinajstić information content (AvgIpc) is 2.85. The molecule has 4 rings (SSSR count). The Morgan fingerprint density at radius 2 is 1.40 bits per heavy atom. The molecule has 0 saturated carbocycles. The number of piperazine rings is 1. The Morgan fingerprint density at radius 1 is 0.857 bits per heavy atom. The first-order valence-electron chi connectivity index (χ1n) is 13.4. The lowest BCUT2D eigenvalue weighted by Crippen LogP contribution is -2.59. The van der Waals surface area contributed by atoms with Crippen LogP contribution in [0.25, 0.3) is 0 Å². The van der Waals surface area contributed by atoms with E-state index in [-0.39, 0.29) is 24.4 Å². The van der Waals surface area contributed by atoms with Gasteiger partial charge in [0.05, 0.1) is 18.1 Å². The number of nitrogens with zero attached hydrogens (tertiary/aromatic N) is 3. The molecule has 2 aliphatic heterocycles. The zero-order valence-corrected chi connectivity index (χ0v) is 21.9. The normalized spacial score (nSPS) is 21.7. The second kappa shape index (κ2) is 11.2. The van der Waals surface area contributed by atoms with E-state index in [1.54, 1.807) is 0 Å². The predicted octanol–water partition coefficient (Wildman–Crippen LogP) is 4.57. The van der Waals surface area contributed by atoms with Crippen LogP contribution >= 0.6 is 0 Å². The van der Waals surface area contributed by atoms with Crippen molar-refractivity contribution in [2.24, 2.45) is 5.92 Å². The van der Waals surface area contributed by atoms with Crippen molar-refractivity contribution in [2.45, 2.75) is 70.7 Å². The summed E-state index contributed by atoms with van der Waals surface area (Å²) in [6, 6.07) is 22.2. The second-order valence-electron chi connectivity index (χ2n) is 11.1. The van der Waals surface area contributed by atoms with Gasteiger partial charge in [-0.3, -0.25) is 9.69 Å². The molecule has 1 atom stereocenters. The van der Waals surface area contributed by atoms with E-state index in [1.807, 2.05) is 0 Å². The minimum atomic E-state index is -0.877. The molecule has 0 bridgehead atoms. The van der Waals surface area contributed by atoms with Gasteiger partial charge in [0.25, 0.3) is 0 Å². The Bertz CT molecular complexity index is 899. The van der Waals surface area contributed by atoms with E-state index in [1.165, 1.54) is 11.1 Å². The topological polar surface area (TPSA) is 47.0 Å². The molecule has 5 heteroatoms. The summed E-state index contributed by atoms with van der Waals surface area (Å²) >= 11 is 0. The first-order valence-corrected chi connectivity index (χ1v) is 13.4. The van der Waals surface area contributed by atoms with Crippen LogP contribution in [0.4, 0.5) is 0 Å². The molecule has 0 radical (unpaired) electrons. The van der Waals surface area contributed by atoms with Crippen molar-refractivity contribution in [2.75, 3.05) is 32.7 Å². The smallest absolute Gasteiger partial charge is 0.225 e. The highest BCUT2D eigenvalue weighted by Gasteiger charge is 2.40. The summed E-state index contributed by atoms with van der Waals surface area (Å²) in [7, 11) is 0. The number of hydrogen-bond donors (Lipinski definition) is 1. The lowest BCUT2D eigenvalue weighted by molar-refractivity contribution is -0.145. The van der Waals surface area contributed by atoms with Crippen LogP contribution in [0.3, 0.4) is 0 Å². The van der Waals surface area contributed by atoms with Crippen LogP contribution < -0.4 is 0 Å². The monoisotopic (exact) mass is 477 g/mol. The van der Waals surface area contributed by atoms with Gasteiger partial charge in [0.1, 0.15) is 0 Å². The minimum absolute atomic E-state index is 0.111. The van der Waals surface area contributed by atoms with Gasteiger partial charge in [0.2, 0.25) is 5.91 Å². The molecule has 35 heavy (non-hydrogen) atoms. The summed E-state index contributed by atoms with van der Waals surface area (Å²) < 4.78 is 0. The van der Waals surface area contributed by atoms with Crippen molar-refractivity contribution in [1.82, 2.24) is 14.7 Å². The van der Waals surface area contributed by atoms with Crippen molar-refractivity contribution >= 4 is 5.91 Å². The maximum atomic E-state index is 13.6. The molecule has 2 fully saturated rings. The van der Waals surface area contributed by atoms with Gasteiger partial charge in [-0.25, -0.2) is 0 Å². The molecular formula is C30H43N3O2. The highest BCUT2D eigenvalue weighted by Crippen LogP contribution is 2.33. The number of rotatable bonds is 7. The molecule has 0 aromatic heterocycles. The number of carbonyl (C=O) groups is 1. The number of benzene rings is 2. The van der Waals surface area contributed by atoms with Crippen LogP contribution in [0.1, 0.15) is 64.1 Å². The van der Waals surface area contributed by atoms with Crippen LogP contribution in [0, 0.1) is 5.92 Å². The summed E-state index contributed by atoms with van der Waals surface area (Å²) in [5, 5.41) is 11.2. The maximum absolute atomic E-state index is 13.6. The van der Waals surface area contributed by atoms with Crippen LogP contribution in [0.5, 0.6) is 0 Å². The van der Waals surface area contributed by atoms with E-state index in [0.29, 0.717) is 31.3 Å². The zero-order chi connectivity index (χ0) is 25.0. The van der Waals surface area contributed by atoms with Gasteiger partial charge in [0, 0.05) is 44.8 Å². The molecule has 2 heterocycles. The largest absolute Gasteiger partial charge is 0.389 e. The highest BCUT2D eigenvalue weighted by molar-refractivity contribution is 5.78. The molecule has 0 unspecified atom stereocenters. The van der Waals surface area contributed by atoms with Gasteiger partial charge in [0.15, 0.2) is 0 Å². The third-order valence-electron chi connectivity index (χ3n) is 8.08. The Hall–Kier alpha value is -2.21. The molecule has 2 aromatic carbocycles. The first kappa shape index (κ1) is 25.9. The Kier molecular flexibility index (Phi) is 8.31. The third kappa shape index (κ3) is 6.14. The van der Waals surface area contributed by atoms with E-state index in [9.17, 15) is 9.90 Å². The standard InChI is InChI=1S/C30H43N3O2/c1-23(2)27-22-32(29(25-11-7-5-8-12-25)26-13-9-6-10-14-26)19-20-33(27)28(34)21-30(35)15-17-31(18-16-30)24(3)4/h5-14,23-24,27,29,35H,15-22H2,1-4H3/t27-/m1/s1. The third-order valence-corrected chi connectivity index (χ3v) is 8.08. The quantitative estimate of drug-likeness (QED) is 0.635. The summed E-state index contributed by atoms with van der Waals surface area (Å²) in [5.41, 5.74) is 1.69. The van der Waals surface area contributed by atoms with E-state index >= 15 is 0 Å². The SMILES string of the molecule is CC(C)[C@H]1CN(C(c2ccccc2)c2ccccc2)CCN1C(=O)CC1(O)CCN(C(C)C)CC1. The zero-order valence-electron chi connectivity index (χ0n) is 21.9. The molecule has 2 saturated heterocycles. The van der Waals surface area contributed by atoms with Crippen molar-refractivity contribution in [1.29, 1.82) is 0 Å². The van der Waals surface area contributed by atoms with Crippen LogP contribution in [-0.4, -0.2) is 76.1 Å². The Morgan fingerprint density at radius 3 is 1.89 bits per heavy atom. The van der Waals surface area contributed by atoms with Crippen LogP contribution in [0.15, 0.2) is 60.7 Å². The Balaban J connectivity index is 1.49. The second-order valence-corrected chi connectivity index (χ2v) is 11.1. The van der Waals surface area contributed by atoms with E-state index in [4.69, 9.17) is 0 Å². The van der Waals surface area contributed by atoms with Gasteiger partial charge < -0.3 is 14.9 Å². The Labute approximate surface area is 211 Å². The molecule has 0 spiro atoms. The summed E-state index contributed by atoms with van der Waals surface area (Å²) in [6.07, 6.45) is 1.59. The fourth-order valence-electron chi connectivity index (χ4n) is 5.85. The van der Waals surface area contributed by atoms with Gasteiger partial charge in [-0.05, 0) is 43.7 Å². The van der Waals surface area contributed by atoms with Crippen molar-refractivity contribution in [3.8, 4) is 0 Å². The molecule has 0 aliphatic carbocycles. The van der Waals surface area contributed by atoms with Gasteiger partial charge in [-0.1, -0.05) is 74.5 Å². The lowest BCUT2D eigenvalue weighted by Gasteiger charge is -2.47. The van der Waals surface area contributed by atoms with Crippen LogP contribution in [0.2, 0.25) is 0 Å². The van der Waals surface area contributed by atoms with E-state index in [0.717, 1.165) is 26.2 Å². The number of likely N-dealkylation sites (tertiary alicyclic amines) is 1. The number of aliphatic hydroxyl groups is 1. The molecule has 2 aliphatic rings. The summed E-state index contributed by atoms with van der Waals surface area (Å²) in [4.78, 5) is 20.6. The fourth-order valence-corrected chi connectivity index (χ4v) is 5.85. The van der Waals surface area contributed by atoms with Crippen LogP contribution in [-0.2, 0) is 4.79 Å². The summed E-state index contributed by atoms with van der Waals surface area (Å²) in [5.74, 6) is 0.450. The van der Waals surface area contributed by atoms with Gasteiger partial charge in [-0.2, -0.15) is 0 Å². The van der Waals surface area contributed by atoms with Gasteiger partial charge in [-0.15, -0.1) is 0 Å². The maximum Gasteiger partial charge on any atom is 0.225 e. The minimum Gasteiger partial charge on any atom is -0.389 e. The molecular weight excluding hydrogens is 434 g/mol. The highest BCUT2D eigenvalue weighted by atomic mass is 16.3. The number of hydrogen-bond acceptors (Lipinski definition) is 4. The van der Waals surface area contributed by atoms with E-state index in [2.05, 4.69) is 103 Å². The molecule has 190 valence electrons. The molecule has 1 N–H and O–H groups in total. The van der Waals surface area contributed by atoms with Crippen molar-refractivity contribution in [3.05, 3.63) is 71.8 Å². The fraction of sp³-hybridized carbons (Fsp3) is 0.567. The predicted molar refractivity (Wildman–Crippen MR) is 142 cm³/mol. The summed E-state index contributed by atoms with van der Waals surface area (Å²) in [6.45, 7) is 12.9. The lowest BCUT2D eigenvalue weighted by atomic mass is 9.86. The van der Waals surface area contributed by atoms with E-state index < -0.39 is 5.60 Å². The first-order chi connectivity index (χ1) is 16.8. The molecule has 5 nitrogen and oxygen atoms in total. The number of piperidine rings is 1. The van der Waals surface area contributed by atoms with Crippen molar-refractivity contribution < 1.29 is 9.90 Å². The number of carbonyl (C=O) groups excluding carboxylic acids is 1.